The number of aromatic nitrogens is 2. The van der Waals surface area contributed by atoms with E-state index in [-0.39, 0.29) is 5.82 Å². The molecular weight excluding hydrogens is 301 g/mol. The molecule has 0 spiro atoms. The fraction of sp³-hybridized carbons (Fsp3) is 0.0500. The zero-order chi connectivity index (χ0) is 16.5. The van der Waals surface area contributed by atoms with Crippen LogP contribution in [0.3, 0.4) is 0 Å². The van der Waals surface area contributed by atoms with E-state index in [1.807, 2.05) is 48.5 Å². The highest BCUT2D eigenvalue weighted by molar-refractivity contribution is 5.81. The molecule has 0 saturated heterocycles. The standard InChI is InChI=1S/C20H16FN3/c21-16-9-5-14(6-10-16)13-24-19-4-2-1-3-18(19)23-20(24)15-7-11-17(22)12-8-15/h1-12H,13,22H2. The summed E-state index contributed by atoms with van der Waals surface area (Å²) >= 11 is 0. The highest BCUT2D eigenvalue weighted by atomic mass is 19.1. The van der Waals surface area contributed by atoms with E-state index in [1.165, 1.54) is 12.1 Å². The van der Waals surface area contributed by atoms with Crippen LogP contribution in [-0.2, 0) is 6.54 Å². The number of hydrogen-bond donors (Lipinski definition) is 1. The Bertz CT molecular complexity index is 986. The molecule has 2 N–H and O–H groups in total. The van der Waals surface area contributed by atoms with Crippen LogP contribution in [-0.4, -0.2) is 9.55 Å². The summed E-state index contributed by atoms with van der Waals surface area (Å²) in [4.78, 5) is 4.77. The largest absolute Gasteiger partial charge is 0.399 e. The number of nitrogens with zero attached hydrogens (tertiary/aromatic N) is 2. The molecule has 0 unspecified atom stereocenters. The normalized spacial score (nSPS) is 11.0. The van der Waals surface area contributed by atoms with Gasteiger partial charge >= 0.3 is 0 Å². The molecule has 0 aliphatic carbocycles. The molecule has 0 aliphatic heterocycles. The Kier molecular flexibility index (Phi) is 3.50. The predicted octanol–water partition coefficient (Wildman–Crippen LogP) is 4.47. The smallest absolute Gasteiger partial charge is 0.141 e. The Labute approximate surface area is 139 Å². The molecule has 1 heterocycles. The van der Waals surface area contributed by atoms with Crippen LogP contribution in [0.5, 0.6) is 0 Å². The lowest BCUT2D eigenvalue weighted by Gasteiger charge is -2.10. The SMILES string of the molecule is Nc1ccc(-c2nc3ccccc3n2Cc2ccc(F)cc2)cc1. The predicted molar refractivity (Wildman–Crippen MR) is 95.1 cm³/mol. The highest BCUT2D eigenvalue weighted by Gasteiger charge is 2.12. The minimum atomic E-state index is -0.229. The number of halogens is 1. The van der Waals surface area contributed by atoms with Crippen LogP contribution in [0.25, 0.3) is 22.4 Å². The van der Waals surface area contributed by atoms with E-state index in [1.54, 1.807) is 12.1 Å². The van der Waals surface area contributed by atoms with Gasteiger partial charge in [0.25, 0.3) is 0 Å². The fourth-order valence-electron chi connectivity index (χ4n) is 2.86. The van der Waals surface area contributed by atoms with Gasteiger partial charge < -0.3 is 10.3 Å². The Morgan fingerprint density at radius 1 is 0.875 bits per heavy atom. The summed E-state index contributed by atoms with van der Waals surface area (Å²) in [7, 11) is 0. The lowest BCUT2D eigenvalue weighted by Crippen LogP contribution is -2.02. The molecule has 118 valence electrons. The summed E-state index contributed by atoms with van der Waals surface area (Å²) in [5.74, 6) is 0.647. The molecule has 3 nitrogen and oxygen atoms in total. The number of hydrogen-bond acceptors (Lipinski definition) is 2. The Hall–Kier alpha value is -3.14. The molecule has 0 saturated carbocycles. The maximum atomic E-state index is 13.2. The number of imidazole rings is 1. The topological polar surface area (TPSA) is 43.8 Å². The zero-order valence-electron chi connectivity index (χ0n) is 13.0. The van der Waals surface area contributed by atoms with E-state index in [2.05, 4.69) is 4.57 Å². The molecule has 0 bridgehead atoms. The molecule has 1 aromatic heterocycles. The number of nitrogen functional groups attached to an aromatic ring is 1. The van der Waals surface area contributed by atoms with E-state index in [9.17, 15) is 4.39 Å². The van der Waals surface area contributed by atoms with E-state index in [0.717, 1.165) is 33.7 Å². The van der Waals surface area contributed by atoms with Crippen molar-refractivity contribution in [2.24, 2.45) is 0 Å². The van der Waals surface area contributed by atoms with Crippen LogP contribution < -0.4 is 5.73 Å². The van der Waals surface area contributed by atoms with Crippen LogP contribution in [0.2, 0.25) is 0 Å². The molecular formula is C20H16FN3. The van der Waals surface area contributed by atoms with Crippen LogP contribution in [0.4, 0.5) is 10.1 Å². The lowest BCUT2D eigenvalue weighted by molar-refractivity contribution is 0.626. The van der Waals surface area contributed by atoms with Gasteiger partial charge in [-0.15, -0.1) is 0 Å². The molecule has 4 rings (SSSR count). The van der Waals surface area contributed by atoms with Gasteiger partial charge in [-0.05, 0) is 54.1 Å². The summed E-state index contributed by atoms with van der Waals surface area (Å²) < 4.78 is 15.3. The molecule has 0 radical (unpaired) electrons. The van der Waals surface area contributed by atoms with Gasteiger partial charge in [0.05, 0.1) is 11.0 Å². The van der Waals surface area contributed by atoms with Crippen molar-refractivity contribution in [1.82, 2.24) is 9.55 Å². The van der Waals surface area contributed by atoms with Crippen molar-refractivity contribution in [3.05, 3.63) is 84.2 Å². The fourth-order valence-corrected chi connectivity index (χ4v) is 2.86. The van der Waals surface area contributed by atoms with Gasteiger partial charge in [0.1, 0.15) is 11.6 Å². The van der Waals surface area contributed by atoms with Gasteiger partial charge in [-0.1, -0.05) is 24.3 Å². The molecule has 24 heavy (non-hydrogen) atoms. The first-order chi connectivity index (χ1) is 11.7. The second-order valence-corrected chi connectivity index (χ2v) is 5.76. The third kappa shape index (κ3) is 2.63. The van der Waals surface area contributed by atoms with Crippen LogP contribution >= 0.6 is 0 Å². The first kappa shape index (κ1) is 14.5. The Balaban J connectivity index is 1.86. The number of rotatable bonds is 3. The van der Waals surface area contributed by atoms with Crippen molar-refractivity contribution >= 4 is 16.7 Å². The summed E-state index contributed by atoms with van der Waals surface area (Å²) in [6, 6.07) is 22.3. The van der Waals surface area contributed by atoms with Gasteiger partial charge in [-0.2, -0.15) is 0 Å². The van der Waals surface area contributed by atoms with E-state index in [0.29, 0.717) is 6.54 Å². The Morgan fingerprint density at radius 3 is 2.33 bits per heavy atom. The van der Waals surface area contributed by atoms with Crippen molar-refractivity contribution in [1.29, 1.82) is 0 Å². The maximum absolute atomic E-state index is 13.2. The summed E-state index contributed by atoms with van der Waals surface area (Å²) in [6.07, 6.45) is 0. The van der Waals surface area contributed by atoms with Crippen molar-refractivity contribution < 1.29 is 4.39 Å². The average molecular weight is 317 g/mol. The van der Waals surface area contributed by atoms with E-state index < -0.39 is 0 Å². The second kappa shape index (κ2) is 5.81. The molecule has 0 aliphatic rings. The lowest BCUT2D eigenvalue weighted by atomic mass is 10.1. The van der Waals surface area contributed by atoms with Gasteiger partial charge in [0.15, 0.2) is 0 Å². The van der Waals surface area contributed by atoms with Crippen LogP contribution in [0, 0.1) is 5.82 Å². The highest BCUT2D eigenvalue weighted by Crippen LogP contribution is 2.26. The summed E-state index contributed by atoms with van der Waals surface area (Å²) in [5, 5.41) is 0. The molecule has 4 aromatic rings. The van der Waals surface area contributed by atoms with Crippen molar-refractivity contribution in [2.45, 2.75) is 6.54 Å². The van der Waals surface area contributed by atoms with Crippen LogP contribution in [0.1, 0.15) is 5.56 Å². The average Bonchev–Trinajstić information content (AvgIpc) is 2.96. The molecule has 0 amide bonds. The molecule has 0 fully saturated rings. The van der Waals surface area contributed by atoms with Gasteiger partial charge in [-0.25, -0.2) is 9.37 Å². The number of nitrogens with two attached hydrogens (primary N) is 1. The molecule has 0 atom stereocenters. The van der Waals surface area contributed by atoms with Gasteiger partial charge in [0, 0.05) is 17.8 Å². The van der Waals surface area contributed by atoms with Gasteiger partial charge in [0.2, 0.25) is 0 Å². The number of anilines is 1. The number of fused-ring (bicyclic) bond motifs is 1. The van der Waals surface area contributed by atoms with E-state index in [4.69, 9.17) is 10.7 Å². The quantitative estimate of drug-likeness (QED) is 0.566. The minimum Gasteiger partial charge on any atom is -0.399 e. The zero-order valence-corrected chi connectivity index (χ0v) is 13.0. The number of benzene rings is 3. The molecule has 4 heteroatoms. The minimum absolute atomic E-state index is 0.229. The van der Waals surface area contributed by atoms with Gasteiger partial charge in [-0.3, -0.25) is 0 Å². The molecule has 3 aromatic carbocycles. The number of para-hydroxylation sites is 2. The Morgan fingerprint density at radius 2 is 1.58 bits per heavy atom. The van der Waals surface area contributed by atoms with Crippen molar-refractivity contribution in [3.8, 4) is 11.4 Å². The van der Waals surface area contributed by atoms with E-state index >= 15 is 0 Å². The third-order valence-corrected chi connectivity index (χ3v) is 4.08. The summed E-state index contributed by atoms with van der Waals surface area (Å²) in [6.45, 7) is 0.625. The first-order valence-electron chi connectivity index (χ1n) is 7.76. The van der Waals surface area contributed by atoms with Crippen molar-refractivity contribution in [2.75, 3.05) is 5.73 Å². The second-order valence-electron chi connectivity index (χ2n) is 5.76. The first-order valence-corrected chi connectivity index (χ1v) is 7.76. The maximum Gasteiger partial charge on any atom is 0.141 e. The van der Waals surface area contributed by atoms with Crippen LogP contribution in [0.15, 0.2) is 72.8 Å². The summed E-state index contributed by atoms with van der Waals surface area (Å²) in [5.41, 5.74) is 10.5. The van der Waals surface area contributed by atoms with Crippen molar-refractivity contribution in [3.63, 3.8) is 0 Å². The monoisotopic (exact) mass is 317 g/mol. The third-order valence-electron chi connectivity index (χ3n) is 4.08.